The second-order valence-corrected chi connectivity index (χ2v) is 5.11. The average molecular weight is 264 g/mol. The molecule has 0 aliphatic heterocycles. The minimum atomic E-state index is -0.403. The van der Waals surface area contributed by atoms with E-state index in [2.05, 4.69) is 28.8 Å². The minimum absolute atomic E-state index is 0.120. The molecule has 0 radical (unpaired) electrons. The molecule has 2 rings (SSSR count). The lowest BCUT2D eigenvalue weighted by Gasteiger charge is -2.27. The first-order valence-electron chi connectivity index (χ1n) is 6.45. The van der Waals surface area contributed by atoms with Crippen LogP contribution in [-0.2, 0) is 6.54 Å². The molecule has 1 unspecified atom stereocenters. The minimum Gasteiger partial charge on any atom is -0.392 e. The normalized spacial score (nSPS) is 13.6. The van der Waals surface area contributed by atoms with E-state index in [1.165, 1.54) is 10.6 Å². The van der Waals surface area contributed by atoms with Gasteiger partial charge >= 0.3 is 0 Å². The number of aliphatic hydroxyl groups is 1. The van der Waals surface area contributed by atoms with Gasteiger partial charge in [0.2, 0.25) is 0 Å². The van der Waals surface area contributed by atoms with Gasteiger partial charge < -0.3 is 5.11 Å². The summed E-state index contributed by atoms with van der Waals surface area (Å²) in [5.74, 6) is 0. The van der Waals surface area contributed by atoms with Crippen molar-refractivity contribution >= 4 is 5.65 Å². The highest BCUT2D eigenvalue weighted by molar-refractivity contribution is 5.36. The molecule has 19 heavy (non-hydrogen) atoms. The summed E-state index contributed by atoms with van der Waals surface area (Å²) in [5, 5.41) is 12.3. The van der Waals surface area contributed by atoms with Crippen molar-refractivity contribution in [3.63, 3.8) is 0 Å². The van der Waals surface area contributed by atoms with Gasteiger partial charge in [-0.25, -0.2) is 9.50 Å². The first-order valence-corrected chi connectivity index (χ1v) is 6.45. The lowest BCUT2D eigenvalue weighted by molar-refractivity contribution is 0.102. The second-order valence-electron chi connectivity index (χ2n) is 5.11. The van der Waals surface area contributed by atoms with Crippen molar-refractivity contribution in [2.75, 3.05) is 6.54 Å². The molecule has 2 heterocycles. The number of nitrogens with one attached hydrogen (secondary N) is 1. The number of aromatic nitrogens is 3. The Labute approximate surface area is 111 Å². The van der Waals surface area contributed by atoms with Crippen LogP contribution in [0.25, 0.3) is 5.65 Å². The van der Waals surface area contributed by atoms with Gasteiger partial charge in [-0.2, -0.15) is 0 Å². The highest BCUT2D eigenvalue weighted by Crippen LogP contribution is 2.07. The van der Waals surface area contributed by atoms with Gasteiger partial charge in [-0.15, -0.1) is 0 Å². The SMILES string of the molecule is CC(O)CN(Cc1cc(=O)n2[nH]ccc2n1)C(C)C. The van der Waals surface area contributed by atoms with Crippen LogP contribution in [0, 0.1) is 0 Å². The summed E-state index contributed by atoms with van der Waals surface area (Å²) in [6.07, 6.45) is 1.28. The van der Waals surface area contributed by atoms with Crippen molar-refractivity contribution in [2.45, 2.75) is 39.5 Å². The molecule has 2 aromatic heterocycles. The number of hydrogen-bond donors (Lipinski definition) is 2. The monoisotopic (exact) mass is 264 g/mol. The first-order chi connectivity index (χ1) is 8.97. The Hall–Kier alpha value is -1.66. The van der Waals surface area contributed by atoms with E-state index in [0.717, 1.165) is 5.69 Å². The smallest absolute Gasteiger partial charge is 0.272 e. The molecule has 1 atom stereocenters. The molecule has 0 saturated heterocycles. The topological polar surface area (TPSA) is 73.6 Å². The van der Waals surface area contributed by atoms with E-state index in [-0.39, 0.29) is 11.6 Å². The van der Waals surface area contributed by atoms with Crippen LogP contribution in [0.3, 0.4) is 0 Å². The molecular weight excluding hydrogens is 244 g/mol. The Morgan fingerprint density at radius 3 is 2.84 bits per heavy atom. The van der Waals surface area contributed by atoms with Gasteiger partial charge in [0.25, 0.3) is 5.56 Å². The van der Waals surface area contributed by atoms with Gasteiger partial charge in [0.05, 0.1) is 11.8 Å². The fourth-order valence-electron chi connectivity index (χ4n) is 2.06. The van der Waals surface area contributed by atoms with Gasteiger partial charge in [0, 0.05) is 37.5 Å². The summed E-state index contributed by atoms with van der Waals surface area (Å²) in [6.45, 7) is 6.99. The first kappa shape index (κ1) is 13.8. The average Bonchev–Trinajstić information content (AvgIpc) is 2.76. The van der Waals surface area contributed by atoms with Crippen molar-refractivity contribution in [3.05, 3.63) is 34.4 Å². The van der Waals surface area contributed by atoms with Crippen LogP contribution in [0.2, 0.25) is 0 Å². The fourth-order valence-corrected chi connectivity index (χ4v) is 2.06. The van der Waals surface area contributed by atoms with Crippen LogP contribution < -0.4 is 5.56 Å². The van der Waals surface area contributed by atoms with E-state index in [1.807, 2.05) is 0 Å². The van der Waals surface area contributed by atoms with Gasteiger partial charge in [0.15, 0.2) is 5.65 Å². The van der Waals surface area contributed by atoms with Crippen LogP contribution in [0.15, 0.2) is 23.1 Å². The standard InChI is InChI=1S/C13H20N4O2/c1-9(2)16(7-10(3)18)8-11-6-13(19)17-12(15-11)4-5-14-17/h4-6,9-10,14,18H,7-8H2,1-3H3. The molecule has 0 spiro atoms. The molecule has 2 aromatic rings. The van der Waals surface area contributed by atoms with Crippen LogP contribution in [-0.4, -0.2) is 43.3 Å². The molecule has 6 nitrogen and oxygen atoms in total. The van der Waals surface area contributed by atoms with Gasteiger partial charge in [-0.1, -0.05) is 0 Å². The largest absolute Gasteiger partial charge is 0.392 e. The number of rotatable bonds is 5. The summed E-state index contributed by atoms with van der Waals surface area (Å²) in [4.78, 5) is 18.4. The Bertz CT molecular complexity index is 600. The van der Waals surface area contributed by atoms with Crippen LogP contribution >= 0.6 is 0 Å². The molecule has 0 fully saturated rings. The molecule has 2 N–H and O–H groups in total. The van der Waals surface area contributed by atoms with Crippen molar-refractivity contribution in [1.82, 2.24) is 19.5 Å². The number of hydrogen-bond acceptors (Lipinski definition) is 4. The number of fused-ring (bicyclic) bond motifs is 1. The van der Waals surface area contributed by atoms with Crippen molar-refractivity contribution in [1.29, 1.82) is 0 Å². The molecule has 0 saturated carbocycles. The molecule has 0 aromatic carbocycles. The third kappa shape index (κ3) is 3.21. The fraction of sp³-hybridized carbons (Fsp3) is 0.538. The summed E-state index contributed by atoms with van der Waals surface area (Å²) < 4.78 is 1.40. The van der Waals surface area contributed by atoms with E-state index in [1.54, 1.807) is 19.2 Å². The van der Waals surface area contributed by atoms with Crippen molar-refractivity contribution in [3.8, 4) is 0 Å². The molecule has 0 aliphatic carbocycles. The lowest BCUT2D eigenvalue weighted by atomic mass is 10.2. The van der Waals surface area contributed by atoms with E-state index >= 15 is 0 Å². The lowest BCUT2D eigenvalue weighted by Crippen LogP contribution is -2.36. The summed E-state index contributed by atoms with van der Waals surface area (Å²) in [6, 6.07) is 3.57. The number of aromatic amines is 1. The van der Waals surface area contributed by atoms with E-state index in [9.17, 15) is 9.90 Å². The third-order valence-electron chi connectivity index (χ3n) is 3.03. The second kappa shape index (κ2) is 5.54. The van der Waals surface area contributed by atoms with Gasteiger partial charge in [-0.3, -0.25) is 14.8 Å². The Morgan fingerprint density at radius 2 is 2.21 bits per heavy atom. The maximum Gasteiger partial charge on any atom is 0.272 e. The van der Waals surface area contributed by atoms with Crippen LogP contribution in [0.1, 0.15) is 26.5 Å². The quantitative estimate of drug-likeness (QED) is 0.830. The Kier molecular flexibility index (Phi) is 4.01. The number of aliphatic hydroxyl groups excluding tert-OH is 1. The number of H-pyrrole nitrogens is 1. The summed E-state index contributed by atoms with van der Waals surface area (Å²) in [7, 11) is 0. The highest BCUT2D eigenvalue weighted by Gasteiger charge is 2.14. The predicted molar refractivity (Wildman–Crippen MR) is 73.0 cm³/mol. The van der Waals surface area contributed by atoms with Crippen molar-refractivity contribution < 1.29 is 5.11 Å². The predicted octanol–water partition coefficient (Wildman–Crippen LogP) is 0.614. The summed E-state index contributed by atoms with van der Waals surface area (Å²) in [5.41, 5.74) is 1.22. The maximum absolute atomic E-state index is 11.9. The molecular formula is C13H20N4O2. The van der Waals surface area contributed by atoms with E-state index in [4.69, 9.17) is 0 Å². The molecule has 6 heteroatoms. The zero-order chi connectivity index (χ0) is 14.0. The Morgan fingerprint density at radius 1 is 1.47 bits per heavy atom. The number of nitrogens with zero attached hydrogens (tertiary/aromatic N) is 3. The van der Waals surface area contributed by atoms with Crippen LogP contribution in [0.5, 0.6) is 0 Å². The van der Waals surface area contributed by atoms with Crippen molar-refractivity contribution in [2.24, 2.45) is 0 Å². The zero-order valence-electron chi connectivity index (χ0n) is 11.5. The third-order valence-corrected chi connectivity index (χ3v) is 3.03. The maximum atomic E-state index is 11.9. The highest BCUT2D eigenvalue weighted by atomic mass is 16.3. The summed E-state index contributed by atoms with van der Waals surface area (Å²) >= 11 is 0. The van der Waals surface area contributed by atoms with Gasteiger partial charge in [0.1, 0.15) is 0 Å². The van der Waals surface area contributed by atoms with E-state index in [0.29, 0.717) is 18.7 Å². The molecule has 0 bridgehead atoms. The zero-order valence-corrected chi connectivity index (χ0v) is 11.5. The molecule has 0 amide bonds. The molecule has 104 valence electrons. The van der Waals surface area contributed by atoms with E-state index < -0.39 is 6.10 Å². The van der Waals surface area contributed by atoms with Gasteiger partial charge in [-0.05, 0) is 20.8 Å². The van der Waals surface area contributed by atoms with Crippen LogP contribution in [0.4, 0.5) is 0 Å². The Balaban J connectivity index is 2.25. The molecule has 0 aliphatic rings.